The number of hydrogen-bond donors (Lipinski definition) is 2. The molecule has 2 N–H and O–H groups in total. The minimum Gasteiger partial charge on any atom is -0.482 e. The number of aryl methyl sites for hydroxylation is 2. The normalized spacial score (nSPS) is 10.3. The molecule has 2 rings (SSSR count). The number of carbonyl (C=O) groups is 2. The molecule has 0 radical (unpaired) electrons. The lowest BCUT2D eigenvalue weighted by Crippen LogP contribution is -2.15. The SMILES string of the molecule is Cc1cc(OCC(=O)O)ccc1NC(=O)Cc1cnn(C)c1. The zero-order valence-corrected chi connectivity index (χ0v) is 12.4. The average molecular weight is 303 g/mol. The molecule has 0 unspecified atom stereocenters. The summed E-state index contributed by atoms with van der Waals surface area (Å²) in [6, 6.07) is 4.99. The second-order valence-electron chi connectivity index (χ2n) is 4.91. The first-order chi connectivity index (χ1) is 10.4. The van der Waals surface area contributed by atoms with Crippen LogP contribution in [-0.4, -0.2) is 33.4 Å². The topological polar surface area (TPSA) is 93.4 Å². The predicted octanol–water partition coefficient (Wildman–Crippen LogP) is 1.37. The number of nitrogens with one attached hydrogen (secondary N) is 1. The first kappa shape index (κ1) is 15.6. The number of aromatic nitrogens is 2. The van der Waals surface area contributed by atoms with Crippen molar-refractivity contribution < 1.29 is 19.4 Å². The molecule has 7 nitrogen and oxygen atoms in total. The van der Waals surface area contributed by atoms with Gasteiger partial charge in [-0.2, -0.15) is 5.10 Å². The Morgan fingerprint density at radius 2 is 2.18 bits per heavy atom. The molecule has 0 bridgehead atoms. The quantitative estimate of drug-likeness (QED) is 0.840. The third-order valence-electron chi connectivity index (χ3n) is 2.96. The summed E-state index contributed by atoms with van der Waals surface area (Å²) in [7, 11) is 1.79. The van der Waals surface area contributed by atoms with Crippen molar-refractivity contribution in [2.75, 3.05) is 11.9 Å². The zero-order valence-electron chi connectivity index (χ0n) is 12.4. The standard InChI is InChI=1S/C15H17N3O4/c1-10-5-12(22-9-15(20)21)3-4-13(10)17-14(19)6-11-7-16-18(2)8-11/h3-5,7-8H,6,9H2,1-2H3,(H,17,19)(H,20,21). The summed E-state index contributed by atoms with van der Waals surface area (Å²) in [5.74, 6) is -0.730. The first-order valence-corrected chi connectivity index (χ1v) is 6.66. The summed E-state index contributed by atoms with van der Waals surface area (Å²) in [6.07, 6.45) is 3.68. The molecule has 116 valence electrons. The van der Waals surface area contributed by atoms with E-state index >= 15 is 0 Å². The van der Waals surface area contributed by atoms with Crippen LogP contribution in [0.15, 0.2) is 30.6 Å². The molecule has 0 saturated heterocycles. The van der Waals surface area contributed by atoms with E-state index in [1.165, 1.54) is 0 Å². The molecule has 1 aromatic heterocycles. The molecule has 2 aromatic rings. The van der Waals surface area contributed by atoms with Crippen LogP contribution in [-0.2, 0) is 23.1 Å². The highest BCUT2D eigenvalue weighted by Crippen LogP contribution is 2.21. The van der Waals surface area contributed by atoms with E-state index in [-0.39, 0.29) is 12.3 Å². The molecule has 1 amide bonds. The summed E-state index contributed by atoms with van der Waals surface area (Å²) in [6.45, 7) is 1.42. The number of amides is 1. The highest BCUT2D eigenvalue weighted by molar-refractivity contribution is 5.93. The Morgan fingerprint density at radius 3 is 2.77 bits per heavy atom. The van der Waals surface area contributed by atoms with Gasteiger partial charge in [0.25, 0.3) is 0 Å². The van der Waals surface area contributed by atoms with Crippen molar-refractivity contribution >= 4 is 17.6 Å². The van der Waals surface area contributed by atoms with Crippen LogP contribution in [0.4, 0.5) is 5.69 Å². The van der Waals surface area contributed by atoms with Crippen LogP contribution in [0.2, 0.25) is 0 Å². The molecule has 0 aliphatic heterocycles. The monoisotopic (exact) mass is 303 g/mol. The lowest BCUT2D eigenvalue weighted by atomic mass is 10.1. The molecule has 1 heterocycles. The Morgan fingerprint density at radius 1 is 1.41 bits per heavy atom. The van der Waals surface area contributed by atoms with E-state index in [0.717, 1.165) is 11.1 Å². The number of rotatable bonds is 6. The maximum absolute atomic E-state index is 12.0. The minimum atomic E-state index is -1.04. The van der Waals surface area contributed by atoms with Crippen molar-refractivity contribution in [3.8, 4) is 5.75 Å². The number of nitrogens with zero attached hydrogens (tertiary/aromatic N) is 2. The fourth-order valence-corrected chi connectivity index (χ4v) is 1.95. The Balaban J connectivity index is 1.97. The van der Waals surface area contributed by atoms with E-state index in [2.05, 4.69) is 10.4 Å². The van der Waals surface area contributed by atoms with E-state index in [1.807, 2.05) is 6.92 Å². The van der Waals surface area contributed by atoms with Gasteiger partial charge in [-0.1, -0.05) is 0 Å². The highest BCUT2D eigenvalue weighted by Gasteiger charge is 2.08. The number of carbonyl (C=O) groups excluding carboxylic acids is 1. The molecule has 0 spiro atoms. The molecule has 22 heavy (non-hydrogen) atoms. The van der Waals surface area contributed by atoms with Crippen molar-refractivity contribution in [3.05, 3.63) is 41.7 Å². The van der Waals surface area contributed by atoms with E-state index in [1.54, 1.807) is 42.3 Å². The lowest BCUT2D eigenvalue weighted by molar-refractivity contribution is -0.139. The second kappa shape index (κ2) is 6.75. The molecule has 0 aliphatic carbocycles. The largest absolute Gasteiger partial charge is 0.482 e. The van der Waals surface area contributed by atoms with Crippen LogP contribution >= 0.6 is 0 Å². The van der Waals surface area contributed by atoms with Gasteiger partial charge in [-0.15, -0.1) is 0 Å². The predicted molar refractivity (Wildman–Crippen MR) is 79.9 cm³/mol. The van der Waals surface area contributed by atoms with Gasteiger partial charge in [0.1, 0.15) is 5.75 Å². The summed E-state index contributed by atoms with van der Waals surface area (Å²) in [5, 5.41) is 15.4. The van der Waals surface area contributed by atoms with Crippen molar-refractivity contribution in [1.82, 2.24) is 9.78 Å². The van der Waals surface area contributed by atoms with Gasteiger partial charge in [-0.25, -0.2) is 4.79 Å². The van der Waals surface area contributed by atoms with E-state index in [9.17, 15) is 9.59 Å². The van der Waals surface area contributed by atoms with Crippen molar-refractivity contribution in [2.24, 2.45) is 7.05 Å². The molecule has 0 saturated carbocycles. The molecule has 0 fully saturated rings. The van der Waals surface area contributed by atoms with Gasteiger partial charge in [0.2, 0.25) is 5.91 Å². The second-order valence-corrected chi connectivity index (χ2v) is 4.91. The molecule has 0 aliphatic rings. The van der Waals surface area contributed by atoms with Crippen LogP contribution in [0.3, 0.4) is 0 Å². The Hall–Kier alpha value is -2.83. The van der Waals surface area contributed by atoms with Gasteiger partial charge >= 0.3 is 5.97 Å². The van der Waals surface area contributed by atoms with Crippen LogP contribution in [0.25, 0.3) is 0 Å². The summed E-state index contributed by atoms with van der Waals surface area (Å²) in [5.41, 5.74) is 2.29. The van der Waals surface area contributed by atoms with Gasteiger partial charge in [0.05, 0.1) is 12.6 Å². The fourth-order valence-electron chi connectivity index (χ4n) is 1.95. The van der Waals surface area contributed by atoms with Crippen molar-refractivity contribution in [1.29, 1.82) is 0 Å². The van der Waals surface area contributed by atoms with E-state index < -0.39 is 12.6 Å². The molecule has 7 heteroatoms. The summed E-state index contributed by atoms with van der Waals surface area (Å²) < 4.78 is 6.72. The number of anilines is 1. The van der Waals surface area contributed by atoms with Gasteiger partial charge in [-0.3, -0.25) is 9.48 Å². The van der Waals surface area contributed by atoms with Crippen LogP contribution < -0.4 is 10.1 Å². The number of ether oxygens (including phenoxy) is 1. The maximum atomic E-state index is 12.0. The third kappa shape index (κ3) is 4.34. The minimum absolute atomic E-state index is 0.143. The number of carboxylic acids is 1. The lowest BCUT2D eigenvalue weighted by Gasteiger charge is -2.10. The van der Waals surface area contributed by atoms with Crippen molar-refractivity contribution in [2.45, 2.75) is 13.3 Å². The number of benzene rings is 1. The van der Waals surface area contributed by atoms with E-state index in [4.69, 9.17) is 9.84 Å². The van der Waals surface area contributed by atoms with Crippen LogP contribution in [0.5, 0.6) is 5.75 Å². The van der Waals surface area contributed by atoms with Crippen LogP contribution in [0, 0.1) is 6.92 Å². The smallest absolute Gasteiger partial charge is 0.341 e. The molecule has 1 aromatic carbocycles. The zero-order chi connectivity index (χ0) is 16.1. The third-order valence-corrected chi connectivity index (χ3v) is 2.96. The maximum Gasteiger partial charge on any atom is 0.341 e. The van der Waals surface area contributed by atoms with E-state index in [0.29, 0.717) is 11.4 Å². The van der Waals surface area contributed by atoms with Gasteiger partial charge in [0.15, 0.2) is 6.61 Å². The fraction of sp³-hybridized carbons (Fsp3) is 0.267. The van der Waals surface area contributed by atoms with Crippen LogP contribution in [0.1, 0.15) is 11.1 Å². The Labute approximate surface area is 127 Å². The highest BCUT2D eigenvalue weighted by atomic mass is 16.5. The summed E-state index contributed by atoms with van der Waals surface area (Å²) in [4.78, 5) is 22.4. The number of carboxylic acid groups (broad SMARTS) is 1. The van der Waals surface area contributed by atoms with Crippen molar-refractivity contribution in [3.63, 3.8) is 0 Å². The van der Waals surface area contributed by atoms with Gasteiger partial charge in [0, 0.05) is 18.9 Å². The first-order valence-electron chi connectivity index (χ1n) is 6.66. The molecule has 0 atom stereocenters. The Kier molecular flexibility index (Phi) is 4.77. The molecular formula is C15H17N3O4. The van der Waals surface area contributed by atoms with Gasteiger partial charge in [-0.05, 0) is 36.2 Å². The number of aliphatic carboxylic acids is 1. The van der Waals surface area contributed by atoms with Gasteiger partial charge < -0.3 is 15.2 Å². The molecular weight excluding hydrogens is 286 g/mol. The summed E-state index contributed by atoms with van der Waals surface area (Å²) >= 11 is 0. The number of hydrogen-bond acceptors (Lipinski definition) is 4. The average Bonchev–Trinajstić information content (AvgIpc) is 2.84. The Bertz CT molecular complexity index is 694.